The molecule has 1 aromatic heterocycles. The van der Waals surface area contributed by atoms with Gasteiger partial charge in [-0.1, -0.05) is 48.2 Å². The highest BCUT2D eigenvalue weighted by atomic mass is 32.2. The quantitative estimate of drug-likeness (QED) is 0.638. The van der Waals surface area contributed by atoms with Crippen molar-refractivity contribution in [1.29, 1.82) is 0 Å². The summed E-state index contributed by atoms with van der Waals surface area (Å²) in [4.78, 5) is 11.1. The minimum absolute atomic E-state index is 0.163. The van der Waals surface area contributed by atoms with Crippen molar-refractivity contribution in [1.82, 2.24) is 14.8 Å². The fraction of sp³-hybridized carbons (Fsp3) is 0.167. The van der Waals surface area contributed by atoms with Crippen molar-refractivity contribution in [3.05, 3.63) is 66.0 Å². The van der Waals surface area contributed by atoms with E-state index in [1.165, 1.54) is 11.8 Å². The van der Waals surface area contributed by atoms with Crippen LogP contribution in [-0.4, -0.2) is 26.4 Å². The van der Waals surface area contributed by atoms with Gasteiger partial charge >= 0.3 is 0 Å². The van der Waals surface area contributed by atoms with Gasteiger partial charge in [0.15, 0.2) is 11.0 Å². The molecule has 1 amide bonds. The van der Waals surface area contributed by atoms with Crippen LogP contribution in [0.1, 0.15) is 11.4 Å². The first-order chi connectivity index (χ1) is 12.1. The molecule has 0 bridgehead atoms. The van der Waals surface area contributed by atoms with Crippen molar-refractivity contribution in [2.75, 3.05) is 11.1 Å². The van der Waals surface area contributed by atoms with Gasteiger partial charge in [0.1, 0.15) is 0 Å². The number of nitrogens with one attached hydrogen (secondary N) is 1. The Kier molecular flexibility index (Phi) is 5.35. The van der Waals surface area contributed by atoms with Crippen LogP contribution in [0.2, 0.25) is 0 Å². The van der Waals surface area contributed by atoms with Crippen LogP contribution in [0.4, 0.5) is 5.69 Å². The third-order valence-electron chi connectivity index (χ3n) is 3.64. The summed E-state index contributed by atoms with van der Waals surface area (Å²) < 4.78 is 1.94. The molecule has 0 aliphatic heterocycles. The van der Waals surface area contributed by atoms with E-state index in [4.69, 9.17) is 5.73 Å². The van der Waals surface area contributed by atoms with Gasteiger partial charge in [-0.15, -0.1) is 10.2 Å². The van der Waals surface area contributed by atoms with Crippen LogP contribution >= 0.6 is 11.8 Å². The minimum Gasteiger partial charge on any atom is -0.378 e. The molecule has 3 aromatic rings. The van der Waals surface area contributed by atoms with Crippen molar-refractivity contribution in [3.63, 3.8) is 0 Å². The summed E-state index contributed by atoms with van der Waals surface area (Å²) in [5.74, 6) is 0.546. The summed E-state index contributed by atoms with van der Waals surface area (Å²) in [6.07, 6.45) is 0. The maximum absolute atomic E-state index is 11.1. The highest BCUT2D eigenvalue weighted by molar-refractivity contribution is 7.99. The number of aryl methyl sites for hydroxylation is 1. The lowest BCUT2D eigenvalue weighted by molar-refractivity contribution is -0.115. The van der Waals surface area contributed by atoms with E-state index in [9.17, 15) is 4.79 Å². The van der Waals surface area contributed by atoms with Crippen molar-refractivity contribution >= 4 is 23.4 Å². The number of hydrogen-bond donors (Lipinski definition) is 2. The molecule has 0 unspecified atom stereocenters. The number of carbonyl (C=O) groups is 1. The molecule has 0 saturated heterocycles. The average Bonchev–Trinajstić information content (AvgIpc) is 3.03. The van der Waals surface area contributed by atoms with Crippen LogP contribution in [-0.2, 0) is 11.3 Å². The van der Waals surface area contributed by atoms with Crippen molar-refractivity contribution in [2.24, 2.45) is 5.73 Å². The minimum atomic E-state index is -0.382. The molecule has 0 fully saturated rings. The number of para-hydroxylation sites is 2. The molecule has 0 spiro atoms. The van der Waals surface area contributed by atoms with Gasteiger partial charge < -0.3 is 11.1 Å². The van der Waals surface area contributed by atoms with E-state index in [2.05, 4.69) is 28.5 Å². The smallest absolute Gasteiger partial charge is 0.227 e. The molecule has 1 heterocycles. The second kappa shape index (κ2) is 7.85. The number of amides is 1. The number of rotatable bonds is 7. The van der Waals surface area contributed by atoms with Crippen LogP contribution in [0, 0.1) is 6.92 Å². The molecule has 6 nitrogen and oxygen atoms in total. The number of primary amides is 1. The van der Waals surface area contributed by atoms with Gasteiger partial charge in [-0.05, 0) is 30.7 Å². The molecule has 0 aliphatic carbocycles. The first-order valence-corrected chi connectivity index (χ1v) is 8.84. The summed E-state index contributed by atoms with van der Waals surface area (Å²) in [6, 6.07) is 17.9. The van der Waals surface area contributed by atoms with Crippen LogP contribution in [0.3, 0.4) is 0 Å². The Balaban J connectivity index is 1.88. The van der Waals surface area contributed by atoms with Crippen molar-refractivity contribution in [2.45, 2.75) is 18.6 Å². The molecule has 3 rings (SSSR count). The fourth-order valence-electron chi connectivity index (χ4n) is 2.43. The Labute approximate surface area is 150 Å². The first-order valence-electron chi connectivity index (χ1n) is 7.85. The van der Waals surface area contributed by atoms with E-state index in [0.717, 1.165) is 22.8 Å². The Morgan fingerprint density at radius 1 is 1.12 bits per heavy atom. The molecule has 2 aromatic carbocycles. The monoisotopic (exact) mass is 353 g/mol. The second-order valence-corrected chi connectivity index (χ2v) is 6.44. The largest absolute Gasteiger partial charge is 0.378 e. The number of nitrogens with zero attached hydrogens (tertiary/aromatic N) is 3. The van der Waals surface area contributed by atoms with E-state index < -0.39 is 0 Å². The van der Waals surface area contributed by atoms with Crippen molar-refractivity contribution in [3.8, 4) is 5.69 Å². The molecule has 0 atom stereocenters. The predicted molar refractivity (Wildman–Crippen MR) is 99.8 cm³/mol. The number of benzene rings is 2. The lowest BCUT2D eigenvalue weighted by Crippen LogP contribution is -2.14. The Morgan fingerprint density at radius 2 is 1.84 bits per heavy atom. The normalized spacial score (nSPS) is 10.6. The zero-order valence-electron chi connectivity index (χ0n) is 13.8. The lowest BCUT2D eigenvalue weighted by Gasteiger charge is -2.12. The topological polar surface area (TPSA) is 85.8 Å². The van der Waals surface area contributed by atoms with Crippen LogP contribution in [0.15, 0.2) is 59.8 Å². The third-order valence-corrected chi connectivity index (χ3v) is 4.59. The number of nitrogens with two attached hydrogens (primary N) is 1. The molecule has 0 aliphatic rings. The van der Waals surface area contributed by atoms with Gasteiger partial charge in [0.05, 0.1) is 12.3 Å². The molecule has 0 radical (unpaired) electrons. The Morgan fingerprint density at radius 3 is 2.56 bits per heavy atom. The third kappa shape index (κ3) is 4.19. The summed E-state index contributed by atoms with van der Waals surface area (Å²) in [5.41, 5.74) is 8.42. The fourth-order valence-corrected chi connectivity index (χ4v) is 3.14. The molecule has 0 saturated carbocycles. The van der Waals surface area contributed by atoms with Gasteiger partial charge in [0.25, 0.3) is 0 Å². The number of thioether (sulfide) groups is 1. The molecule has 128 valence electrons. The molecule has 3 N–H and O–H groups in total. The second-order valence-electron chi connectivity index (χ2n) is 5.49. The number of hydrogen-bond acceptors (Lipinski definition) is 5. The summed E-state index contributed by atoms with van der Waals surface area (Å²) >= 11 is 1.28. The van der Waals surface area contributed by atoms with E-state index in [0.29, 0.717) is 11.7 Å². The average molecular weight is 353 g/mol. The van der Waals surface area contributed by atoms with Gasteiger partial charge in [0, 0.05) is 11.4 Å². The molecule has 7 heteroatoms. The van der Waals surface area contributed by atoms with Gasteiger partial charge in [-0.3, -0.25) is 9.36 Å². The SMILES string of the molecule is Cc1ccccc1NCc1nnc(SCC(N)=O)n1-c1ccccc1. The van der Waals surface area contributed by atoms with E-state index in [1.54, 1.807) is 0 Å². The molecular formula is C18H19N5OS. The molecular weight excluding hydrogens is 334 g/mol. The number of carbonyl (C=O) groups excluding carboxylic acids is 1. The first kappa shape index (κ1) is 17.0. The Bertz CT molecular complexity index is 863. The zero-order chi connectivity index (χ0) is 17.6. The summed E-state index contributed by atoms with van der Waals surface area (Å²) in [6.45, 7) is 2.57. The number of anilines is 1. The summed E-state index contributed by atoms with van der Waals surface area (Å²) in [7, 11) is 0. The maximum Gasteiger partial charge on any atom is 0.227 e. The van der Waals surface area contributed by atoms with E-state index in [-0.39, 0.29) is 11.7 Å². The molecule has 25 heavy (non-hydrogen) atoms. The van der Waals surface area contributed by atoms with Crippen LogP contribution < -0.4 is 11.1 Å². The highest BCUT2D eigenvalue weighted by Gasteiger charge is 2.15. The van der Waals surface area contributed by atoms with Crippen LogP contribution in [0.5, 0.6) is 0 Å². The maximum atomic E-state index is 11.1. The Hall–Kier alpha value is -2.80. The number of aromatic nitrogens is 3. The zero-order valence-corrected chi connectivity index (χ0v) is 14.7. The van der Waals surface area contributed by atoms with Gasteiger partial charge in [-0.2, -0.15) is 0 Å². The van der Waals surface area contributed by atoms with E-state index >= 15 is 0 Å². The summed E-state index contributed by atoms with van der Waals surface area (Å²) in [5, 5.41) is 12.6. The van der Waals surface area contributed by atoms with Crippen molar-refractivity contribution < 1.29 is 4.79 Å². The lowest BCUT2D eigenvalue weighted by atomic mass is 10.2. The predicted octanol–water partition coefficient (Wildman–Crippen LogP) is 2.77. The van der Waals surface area contributed by atoms with Gasteiger partial charge in [0.2, 0.25) is 5.91 Å². The van der Waals surface area contributed by atoms with Crippen LogP contribution in [0.25, 0.3) is 5.69 Å². The van der Waals surface area contributed by atoms with Gasteiger partial charge in [-0.25, -0.2) is 0 Å². The highest BCUT2D eigenvalue weighted by Crippen LogP contribution is 2.23. The van der Waals surface area contributed by atoms with E-state index in [1.807, 2.05) is 53.1 Å². The standard InChI is InChI=1S/C18H19N5OS/c1-13-7-5-6-10-15(13)20-11-17-21-22-18(25-12-16(19)24)23(17)14-8-3-2-4-9-14/h2-10,20H,11-12H2,1H3,(H2,19,24).